The number of amides is 3. The molecular formula is C23H22N2O6S. The number of hydrogen-bond acceptors (Lipinski definition) is 7. The fourth-order valence-corrected chi connectivity index (χ4v) is 3.84. The van der Waals surface area contributed by atoms with Crippen LogP contribution in [0.25, 0.3) is 6.08 Å². The van der Waals surface area contributed by atoms with Crippen LogP contribution >= 0.6 is 11.8 Å². The number of anilines is 1. The summed E-state index contributed by atoms with van der Waals surface area (Å²) in [6.07, 6.45) is 1.50. The van der Waals surface area contributed by atoms with E-state index >= 15 is 0 Å². The summed E-state index contributed by atoms with van der Waals surface area (Å²) in [5, 5.41) is 2.19. The maximum absolute atomic E-state index is 12.7. The molecule has 0 radical (unpaired) electrons. The van der Waals surface area contributed by atoms with Crippen molar-refractivity contribution in [1.29, 1.82) is 0 Å². The largest absolute Gasteiger partial charge is 0.483 e. The predicted octanol–water partition coefficient (Wildman–Crippen LogP) is 3.61. The van der Waals surface area contributed by atoms with E-state index < -0.39 is 23.2 Å². The van der Waals surface area contributed by atoms with Gasteiger partial charge in [-0.25, -0.2) is 4.79 Å². The van der Waals surface area contributed by atoms with Crippen molar-refractivity contribution in [3.05, 3.63) is 64.6 Å². The minimum Gasteiger partial charge on any atom is -0.483 e. The number of ether oxygens (including phenoxy) is 2. The first-order chi connectivity index (χ1) is 15.3. The summed E-state index contributed by atoms with van der Waals surface area (Å²) in [7, 11) is 1.19. The van der Waals surface area contributed by atoms with Crippen molar-refractivity contribution in [2.75, 3.05) is 19.0 Å². The van der Waals surface area contributed by atoms with E-state index in [0.29, 0.717) is 17.0 Å². The van der Waals surface area contributed by atoms with Crippen molar-refractivity contribution < 1.29 is 28.7 Å². The molecule has 0 bridgehead atoms. The van der Waals surface area contributed by atoms with Gasteiger partial charge in [-0.1, -0.05) is 35.9 Å². The fourth-order valence-electron chi connectivity index (χ4n) is 2.94. The van der Waals surface area contributed by atoms with E-state index in [9.17, 15) is 19.2 Å². The molecule has 1 N–H and O–H groups in total. The summed E-state index contributed by atoms with van der Waals surface area (Å²) in [5.74, 6) is -1.24. The Balaban J connectivity index is 1.71. The van der Waals surface area contributed by atoms with Crippen LogP contribution in [-0.2, 0) is 19.1 Å². The van der Waals surface area contributed by atoms with E-state index in [-0.39, 0.29) is 17.4 Å². The second kappa shape index (κ2) is 10.1. The summed E-state index contributed by atoms with van der Waals surface area (Å²) < 4.78 is 10.3. The van der Waals surface area contributed by atoms with Gasteiger partial charge in [-0.2, -0.15) is 0 Å². The highest BCUT2D eigenvalue weighted by atomic mass is 32.2. The average molecular weight is 455 g/mol. The van der Waals surface area contributed by atoms with Crippen LogP contribution in [-0.4, -0.2) is 47.7 Å². The Labute approximate surface area is 189 Å². The van der Waals surface area contributed by atoms with Gasteiger partial charge in [-0.15, -0.1) is 0 Å². The maximum atomic E-state index is 12.7. The number of benzene rings is 2. The first-order valence-corrected chi connectivity index (χ1v) is 10.5. The van der Waals surface area contributed by atoms with Crippen molar-refractivity contribution in [2.45, 2.75) is 19.9 Å². The van der Waals surface area contributed by atoms with Gasteiger partial charge in [-0.05, 0) is 49.9 Å². The van der Waals surface area contributed by atoms with Gasteiger partial charge in [0, 0.05) is 11.3 Å². The highest BCUT2D eigenvalue weighted by molar-refractivity contribution is 8.18. The summed E-state index contributed by atoms with van der Waals surface area (Å²) >= 11 is 0.725. The molecule has 1 fully saturated rings. The molecule has 32 heavy (non-hydrogen) atoms. The second-order valence-electron chi connectivity index (χ2n) is 6.99. The summed E-state index contributed by atoms with van der Waals surface area (Å²) in [4.78, 5) is 50.0. The predicted molar refractivity (Wildman–Crippen MR) is 121 cm³/mol. The highest BCUT2D eigenvalue weighted by Gasteiger charge is 2.41. The molecule has 1 atom stereocenters. The minimum absolute atomic E-state index is 0.144. The molecule has 3 amide bonds. The topological polar surface area (TPSA) is 102 Å². The number of imide groups is 1. The first-order valence-electron chi connectivity index (χ1n) is 9.73. The molecule has 0 unspecified atom stereocenters. The van der Waals surface area contributed by atoms with Crippen LogP contribution in [0.15, 0.2) is 53.4 Å². The number of nitrogens with zero attached hydrogens (tertiary/aromatic N) is 1. The average Bonchev–Trinajstić information content (AvgIpc) is 3.06. The van der Waals surface area contributed by atoms with Crippen molar-refractivity contribution in [2.24, 2.45) is 0 Å². The van der Waals surface area contributed by atoms with E-state index in [1.54, 1.807) is 36.4 Å². The van der Waals surface area contributed by atoms with E-state index in [1.165, 1.54) is 20.1 Å². The molecule has 1 aliphatic rings. The van der Waals surface area contributed by atoms with Crippen molar-refractivity contribution in [3.63, 3.8) is 0 Å². The minimum atomic E-state index is -1.03. The first kappa shape index (κ1) is 23.1. The Morgan fingerprint density at radius 2 is 1.81 bits per heavy atom. The molecule has 0 aliphatic carbocycles. The molecule has 9 heteroatoms. The van der Waals surface area contributed by atoms with Gasteiger partial charge in [0.2, 0.25) is 0 Å². The maximum Gasteiger partial charge on any atom is 0.328 e. The monoisotopic (exact) mass is 454 g/mol. The number of aryl methyl sites for hydroxylation is 1. The molecule has 0 aromatic heterocycles. The number of rotatable bonds is 7. The molecule has 8 nitrogen and oxygen atoms in total. The number of methoxy groups -OCH3 is 1. The Morgan fingerprint density at radius 3 is 2.50 bits per heavy atom. The van der Waals surface area contributed by atoms with Crippen LogP contribution in [0.2, 0.25) is 0 Å². The quantitative estimate of drug-likeness (QED) is 0.504. The number of nitrogens with one attached hydrogen (secondary N) is 1. The zero-order valence-electron chi connectivity index (χ0n) is 17.8. The van der Waals surface area contributed by atoms with E-state index in [4.69, 9.17) is 4.74 Å². The molecule has 1 aliphatic heterocycles. The Morgan fingerprint density at radius 1 is 1.12 bits per heavy atom. The smallest absolute Gasteiger partial charge is 0.328 e. The summed E-state index contributed by atoms with van der Waals surface area (Å²) in [6, 6.07) is 13.2. The van der Waals surface area contributed by atoms with Gasteiger partial charge in [-0.3, -0.25) is 19.3 Å². The lowest BCUT2D eigenvalue weighted by molar-refractivity contribution is -0.148. The standard InChI is InChI=1S/C23H22N2O6S/c1-14-8-10-17(11-9-14)24-20(26)13-31-18-7-5-4-6-16(18)12-19-21(27)25(23(29)32-19)15(2)22(28)30-3/h4-12,15H,13H2,1-3H3,(H,24,26)/b19-12+/t15-/m0/s1. The number of carbonyl (C=O) groups is 4. The zero-order chi connectivity index (χ0) is 23.3. The highest BCUT2D eigenvalue weighted by Crippen LogP contribution is 2.35. The van der Waals surface area contributed by atoms with Gasteiger partial charge in [0.05, 0.1) is 12.0 Å². The Kier molecular flexibility index (Phi) is 7.32. The SMILES string of the molecule is COC(=O)[C@H](C)N1C(=O)S/C(=C/c2ccccc2OCC(=O)Nc2ccc(C)cc2)C1=O. The van der Waals surface area contributed by atoms with Crippen LogP contribution in [0.4, 0.5) is 10.5 Å². The molecule has 0 spiro atoms. The third-order valence-corrected chi connectivity index (χ3v) is 5.54. The van der Waals surface area contributed by atoms with Crippen LogP contribution in [0.5, 0.6) is 5.75 Å². The lowest BCUT2D eigenvalue weighted by atomic mass is 10.1. The molecule has 2 aromatic rings. The van der Waals surface area contributed by atoms with E-state index in [2.05, 4.69) is 10.1 Å². The van der Waals surface area contributed by atoms with Crippen LogP contribution in [0, 0.1) is 6.92 Å². The van der Waals surface area contributed by atoms with Gasteiger partial charge in [0.15, 0.2) is 6.61 Å². The molecule has 1 heterocycles. The molecular weight excluding hydrogens is 432 g/mol. The van der Waals surface area contributed by atoms with Crippen molar-refractivity contribution >= 4 is 46.5 Å². The van der Waals surface area contributed by atoms with Crippen molar-refractivity contribution in [1.82, 2.24) is 4.90 Å². The van der Waals surface area contributed by atoms with E-state index in [0.717, 1.165) is 22.2 Å². The van der Waals surface area contributed by atoms with Crippen molar-refractivity contribution in [3.8, 4) is 5.75 Å². The molecule has 1 saturated heterocycles. The van der Waals surface area contributed by atoms with Gasteiger partial charge < -0.3 is 14.8 Å². The summed E-state index contributed by atoms with van der Waals surface area (Å²) in [6.45, 7) is 3.14. The van der Waals surface area contributed by atoms with Crippen LogP contribution in [0.1, 0.15) is 18.1 Å². The number of thioether (sulfide) groups is 1. The lowest BCUT2D eigenvalue weighted by Crippen LogP contribution is -2.42. The molecule has 0 saturated carbocycles. The second-order valence-corrected chi connectivity index (χ2v) is 7.98. The fraction of sp³-hybridized carbons (Fsp3) is 0.217. The van der Waals surface area contributed by atoms with Crippen LogP contribution < -0.4 is 10.1 Å². The third kappa shape index (κ3) is 5.36. The molecule has 3 rings (SSSR count). The Hall–Kier alpha value is -3.59. The van der Waals surface area contributed by atoms with Gasteiger partial charge in [0.1, 0.15) is 11.8 Å². The lowest BCUT2D eigenvalue weighted by Gasteiger charge is -2.18. The molecule has 2 aromatic carbocycles. The number of para-hydroxylation sites is 1. The van der Waals surface area contributed by atoms with Gasteiger partial charge in [0.25, 0.3) is 17.1 Å². The number of hydrogen-bond donors (Lipinski definition) is 1. The number of carbonyl (C=O) groups excluding carboxylic acids is 4. The third-order valence-electron chi connectivity index (χ3n) is 4.65. The van der Waals surface area contributed by atoms with Gasteiger partial charge >= 0.3 is 5.97 Å². The normalized spacial score (nSPS) is 15.6. The number of esters is 1. The summed E-state index contributed by atoms with van der Waals surface area (Å²) in [5.41, 5.74) is 2.26. The Bertz CT molecular complexity index is 1080. The molecule has 166 valence electrons. The zero-order valence-corrected chi connectivity index (χ0v) is 18.6. The van der Waals surface area contributed by atoms with E-state index in [1.807, 2.05) is 19.1 Å². The van der Waals surface area contributed by atoms with Crippen LogP contribution in [0.3, 0.4) is 0 Å².